The maximum atomic E-state index is 9.70. The lowest BCUT2D eigenvalue weighted by Crippen LogP contribution is -2.57. The van der Waals surface area contributed by atoms with Crippen molar-refractivity contribution in [1.29, 1.82) is 0 Å². The molecule has 0 aromatic carbocycles. The van der Waals surface area contributed by atoms with Crippen LogP contribution in [-0.4, -0.2) is 33.8 Å². The highest BCUT2D eigenvalue weighted by Crippen LogP contribution is 2.42. The summed E-state index contributed by atoms with van der Waals surface area (Å²) in [6, 6.07) is 0.152. The summed E-state index contributed by atoms with van der Waals surface area (Å²) in [5, 5.41) is 13.0. The smallest absolute Gasteiger partial charge is 0.242 e. The van der Waals surface area contributed by atoms with Crippen molar-refractivity contribution in [3.63, 3.8) is 0 Å². The second kappa shape index (κ2) is 4.61. The van der Waals surface area contributed by atoms with E-state index in [2.05, 4.69) is 15.3 Å². The number of aromatic nitrogens is 2. The lowest BCUT2D eigenvalue weighted by molar-refractivity contribution is -0.0511. The molecular weight excluding hydrogens is 232 g/mol. The zero-order valence-corrected chi connectivity index (χ0v) is 11.0. The second-order valence-electron chi connectivity index (χ2n) is 5.14. The SMILES string of the molecule is CCOc1ncnc(NC2CC(O)C2(C)C)c1N. The molecule has 1 aliphatic rings. The van der Waals surface area contributed by atoms with Gasteiger partial charge in [-0.1, -0.05) is 13.8 Å². The molecule has 6 heteroatoms. The molecule has 1 fully saturated rings. The highest BCUT2D eigenvalue weighted by molar-refractivity contribution is 5.67. The van der Waals surface area contributed by atoms with Crippen molar-refractivity contribution in [3.05, 3.63) is 6.33 Å². The van der Waals surface area contributed by atoms with Crippen LogP contribution in [0.25, 0.3) is 0 Å². The van der Waals surface area contributed by atoms with Gasteiger partial charge in [0.1, 0.15) is 12.0 Å². The number of anilines is 2. The van der Waals surface area contributed by atoms with Crippen molar-refractivity contribution in [2.75, 3.05) is 17.7 Å². The minimum Gasteiger partial charge on any atom is -0.476 e. The quantitative estimate of drug-likeness (QED) is 0.741. The van der Waals surface area contributed by atoms with Crippen LogP contribution >= 0.6 is 0 Å². The Hall–Kier alpha value is -1.56. The minimum absolute atomic E-state index is 0.152. The lowest BCUT2D eigenvalue weighted by atomic mass is 9.64. The van der Waals surface area contributed by atoms with Gasteiger partial charge in [0, 0.05) is 11.5 Å². The molecule has 4 N–H and O–H groups in total. The van der Waals surface area contributed by atoms with Crippen molar-refractivity contribution >= 4 is 11.5 Å². The van der Waals surface area contributed by atoms with Crippen molar-refractivity contribution in [1.82, 2.24) is 9.97 Å². The van der Waals surface area contributed by atoms with Crippen LogP contribution in [0.1, 0.15) is 27.2 Å². The van der Waals surface area contributed by atoms with Gasteiger partial charge in [-0.05, 0) is 13.3 Å². The van der Waals surface area contributed by atoms with E-state index in [0.717, 1.165) is 0 Å². The fraction of sp³-hybridized carbons (Fsp3) is 0.667. The van der Waals surface area contributed by atoms with E-state index in [-0.39, 0.29) is 17.6 Å². The molecule has 2 rings (SSSR count). The first-order chi connectivity index (χ1) is 8.46. The number of nitrogens with zero attached hydrogens (tertiary/aromatic N) is 2. The van der Waals surface area contributed by atoms with Gasteiger partial charge >= 0.3 is 0 Å². The standard InChI is InChI=1S/C12H20N4O2/c1-4-18-11-9(13)10(14-6-15-11)16-7-5-8(17)12(7,2)3/h6-8,17H,4-5,13H2,1-3H3,(H,14,15,16). The monoisotopic (exact) mass is 252 g/mol. The van der Waals surface area contributed by atoms with Crippen LogP contribution in [-0.2, 0) is 0 Å². The molecule has 0 aliphatic heterocycles. The van der Waals surface area contributed by atoms with E-state index >= 15 is 0 Å². The van der Waals surface area contributed by atoms with Crippen LogP contribution in [0.5, 0.6) is 5.88 Å². The number of nitrogens with one attached hydrogen (secondary N) is 1. The zero-order valence-electron chi connectivity index (χ0n) is 11.0. The van der Waals surface area contributed by atoms with Crippen LogP contribution in [0, 0.1) is 5.41 Å². The van der Waals surface area contributed by atoms with Crippen LogP contribution in [0.3, 0.4) is 0 Å². The topological polar surface area (TPSA) is 93.3 Å². The highest BCUT2D eigenvalue weighted by atomic mass is 16.5. The summed E-state index contributed by atoms with van der Waals surface area (Å²) in [6.45, 7) is 6.41. The van der Waals surface area contributed by atoms with Gasteiger partial charge in [-0.3, -0.25) is 0 Å². The molecule has 0 spiro atoms. The molecule has 2 unspecified atom stereocenters. The van der Waals surface area contributed by atoms with Gasteiger partial charge in [0.2, 0.25) is 5.88 Å². The fourth-order valence-electron chi connectivity index (χ4n) is 2.06. The van der Waals surface area contributed by atoms with Crippen molar-refractivity contribution < 1.29 is 9.84 Å². The third-order valence-corrected chi connectivity index (χ3v) is 3.66. The molecule has 1 aromatic rings. The van der Waals surface area contributed by atoms with E-state index in [1.807, 2.05) is 20.8 Å². The summed E-state index contributed by atoms with van der Waals surface area (Å²) in [5.74, 6) is 0.964. The van der Waals surface area contributed by atoms with Crippen LogP contribution < -0.4 is 15.8 Å². The van der Waals surface area contributed by atoms with E-state index < -0.39 is 0 Å². The molecule has 1 aromatic heterocycles. The van der Waals surface area contributed by atoms with Gasteiger partial charge in [-0.25, -0.2) is 4.98 Å². The van der Waals surface area contributed by atoms with Crippen molar-refractivity contribution in [3.8, 4) is 5.88 Å². The van der Waals surface area contributed by atoms with E-state index in [4.69, 9.17) is 10.5 Å². The summed E-state index contributed by atoms with van der Waals surface area (Å²) in [7, 11) is 0. The number of aliphatic hydroxyl groups is 1. The van der Waals surface area contributed by atoms with Crippen molar-refractivity contribution in [2.24, 2.45) is 5.41 Å². The first-order valence-corrected chi connectivity index (χ1v) is 6.14. The number of aliphatic hydroxyl groups excluding tert-OH is 1. The average molecular weight is 252 g/mol. The largest absolute Gasteiger partial charge is 0.476 e. The molecule has 100 valence electrons. The Balaban J connectivity index is 2.13. The van der Waals surface area contributed by atoms with Gasteiger partial charge in [0.05, 0.1) is 12.7 Å². The third-order valence-electron chi connectivity index (χ3n) is 3.66. The summed E-state index contributed by atoms with van der Waals surface area (Å²) >= 11 is 0. The number of nitrogen functional groups attached to an aromatic ring is 1. The number of hydrogen-bond donors (Lipinski definition) is 3. The summed E-state index contributed by atoms with van der Waals surface area (Å²) < 4.78 is 5.32. The Labute approximate surface area is 107 Å². The van der Waals surface area contributed by atoms with E-state index in [9.17, 15) is 5.11 Å². The van der Waals surface area contributed by atoms with Gasteiger partial charge < -0.3 is 20.9 Å². The maximum absolute atomic E-state index is 9.70. The molecule has 0 radical (unpaired) electrons. The minimum atomic E-state index is -0.288. The Morgan fingerprint density at radius 3 is 2.83 bits per heavy atom. The molecule has 0 bridgehead atoms. The Bertz CT molecular complexity index is 436. The number of hydrogen-bond acceptors (Lipinski definition) is 6. The van der Waals surface area contributed by atoms with E-state index in [1.54, 1.807) is 0 Å². The Morgan fingerprint density at radius 1 is 1.56 bits per heavy atom. The fourth-order valence-corrected chi connectivity index (χ4v) is 2.06. The summed E-state index contributed by atoms with van der Waals surface area (Å²) in [5.41, 5.74) is 6.18. The van der Waals surface area contributed by atoms with E-state index in [0.29, 0.717) is 30.4 Å². The molecule has 18 heavy (non-hydrogen) atoms. The molecule has 2 atom stereocenters. The Kier molecular flexibility index (Phi) is 3.30. The van der Waals surface area contributed by atoms with Crippen LogP contribution in [0.4, 0.5) is 11.5 Å². The average Bonchev–Trinajstić information content (AvgIpc) is 2.33. The first kappa shape index (κ1) is 12.9. The van der Waals surface area contributed by atoms with Gasteiger partial charge in [-0.15, -0.1) is 0 Å². The Morgan fingerprint density at radius 2 is 2.28 bits per heavy atom. The molecular formula is C12H20N4O2. The van der Waals surface area contributed by atoms with Crippen LogP contribution in [0.2, 0.25) is 0 Å². The maximum Gasteiger partial charge on any atom is 0.242 e. The van der Waals surface area contributed by atoms with Crippen molar-refractivity contribution in [2.45, 2.75) is 39.3 Å². The lowest BCUT2D eigenvalue weighted by Gasteiger charge is -2.49. The molecule has 1 heterocycles. The number of ether oxygens (including phenoxy) is 1. The molecule has 1 aliphatic carbocycles. The summed E-state index contributed by atoms with van der Waals surface area (Å²) in [4.78, 5) is 8.11. The van der Waals surface area contributed by atoms with E-state index in [1.165, 1.54) is 6.33 Å². The second-order valence-corrected chi connectivity index (χ2v) is 5.14. The van der Waals surface area contributed by atoms with Crippen LogP contribution in [0.15, 0.2) is 6.33 Å². The number of rotatable bonds is 4. The van der Waals surface area contributed by atoms with Gasteiger partial charge in [0.25, 0.3) is 0 Å². The third kappa shape index (κ3) is 2.08. The number of nitrogens with two attached hydrogens (primary N) is 1. The molecule has 0 amide bonds. The molecule has 0 saturated heterocycles. The zero-order chi connectivity index (χ0) is 13.3. The first-order valence-electron chi connectivity index (χ1n) is 6.14. The highest BCUT2D eigenvalue weighted by Gasteiger charge is 2.47. The van der Waals surface area contributed by atoms with Gasteiger partial charge in [0.15, 0.2) is 5.82 Å². The normalized spacial score (nSPS) is 25.3. The predicted octanol–water partition coefficient (Wildman–Crippen LogP) is 1.03. The van der Waals surface area contributed by atoms with Gasteiger partial charge in [-0.2, -0.15) is 4.98 Å². The molecule has 1 saturated carbocycles. The summed E-state index contributed by atoms with van der Waals surface area (Å²) in [6.07, 6.45) is 1.83. The molecule has 6 nitrogen and oxygen atoms in total. The predicted molar refractivity (Wildman–Crippen MR) is 69.4 cm³/mol.